The van der Waals surface area contributed by atoms with Crippen LogP contribution in [0.15, 0.2) is 54.7 Å². The maximum atomic E-state index is 6.02. The number of hydrogen-bond donors (Lipinski definition) is 2. The molecule has 3 rings (SSSR count). The molecule has 0 spiro atoms. The van der Waals surface area contributed by atoms with Gasteiger partial charge in [0.1, 0.15) is 0 Å². The van der Waals surface area contributed by atoms with Crippen LogP contribution in [0.5, 0.6) is 0 Å². The number of benzene rings is 2. The number of hydrogen-bond acceptors (Lipinski definition) is 3. The highest BCUT2D eigenvalue weighted by Crippen LogP contribution is 2.23. The van der Waals surface area contributed by atoms with Crippen LogP contribution in [0.1, 0.15) is 11.1 Å². The van der Waals surface area contributed by atoms with Crippen molar-refractivity contribution in [1.29, 1.82) is 0 Å². The van der Waals surface area contributed by atoms with Gasteiger partial charge in [0.05, 0.1) is 16.9 Å². The third kappa shape index (κ3) is 2.82. The first kappa shape index (κ1) is 13.4. The molecule has 0 saturated heterocycles. The third-order valence-electron chi connectivity index (χ3n) is 3.72. The van der Waals surface area contributed by atoms with Gasteiger partial charge in [0.2, 0.25) is 0 Å². The monoisotopic (exact) mass is 277 g/mol. The molecule has 106 valence electrons. The van der Waals surface area contributed by atoms with Crippen molar-refractivity contribution in [2.45, 2.75) is 13.3 Å². The molecule has 3 aromatic rings. The van der Waals surface area contributed by atoms with Crippen LogP contribution < -0.4 is 11.1 Å². The second-order valence-electron chi connectivity index (χ2n) is 5.21. The van der Waals surface area contributed by atoms with E-state index in [4.69, 9.17) is 5.73 Å². The van der Waals surface area contributed by atoms with E-state index in [9.17, 15) is 0 Å². The predicted octanol–water partition coefficient (Wildman–Crippen LogP) is 3.78. The lowest BCUT2D eigenvalue weighted by Gasteiger charge is -2.12. The minimum absolute atomic E-state index is 0.797. The van der Waals surface area contributed by atoms with Gasteiger partial charge in [0.25, 0.3) is 0 Å². The van der Waals surface area contributed by atoms with E-state index in [1.54, 1.807) is 0 Å². The fourth-order valence-corrected chi connectivity index (χ4v) is 2.62. The molecule has 0 radical (unpaired) electrons. The van der Waals surface area contributed by atoms with Crippen molar-refractivity contribution >= 4 is 22.3 Å². The second kappa shape index (κ2) is 5.83. The smallest absolute Gasteiger partial charge is 0.0734 e. The number of aromatic nitrogens is 1. The normalized spacial score (nSPS) is 10.7. The summed E-state index contributed by atoms with van der Waals surface area (Å²) in [5.41, 5.74) is 11.4. The second-order valence-corrected chi connectivity index (χ2v) is 5.21. The van der Waals surface area contributed by atoms with Gasteiger partial charge in [-0.2, -0.15) is 0 Å². The summed E-state index contributed by atoms with van der Waals surface area (Å²) < 4.78 is 0. The molecular weight excluding hydrogens is 258 g/mol. The number of aryl methyl sites for hydroxylation is 1. The molecule has 3 heteroatoms. The molecule has 0 amide bonds. The van der Waals surface area contributed by atoms with E-state index < -0.39 is 0 Å². The van der Waals surface area contributed by atoms with Gasteiger partial charge in [-0.15, -0.1) is 0 Å². The molecular formula is C18H19N3. The maximum Gasteiger partial charge on any atom is 0.0734 e. The number of fused-ring (bicyclic) bond motifs is 1. The van der Waals surface area contributed by atoms with Crippen molar-refractivity contribution in [2.24, 2.45) is 0 Å². The van der Waals surface area contributed by atoms with E-state index in [0.29, 0.717) is 0 Å². The van der Waals surface area contributed by atoms with Gasteiger partial charge < -0.3 is 11.1 Å². The van der Waals surface area contributed by atoms with Crippen molar-refractivity contribution in [2.75, 3.05) is 17.6 Å². The highest BCUT2D eigenvalue weighted by atomic mass is 14.9. The van der Waals surface area contributed by atoms with Crippen molar-refractivity contribution < 1.29 is 0 Å². The first-order chi connectivity index (χ1) is 10.3. The molecule has 0 aliphatic rings. The summed E-state index contributed by atoms with van der Waals surface area (Å²) in [4.78, 5) is 4.49. The quantitative estimate of drug-likeness (QED) is 0.713. The van der Waals surface area contributed by atoms with E-state index in [1.807, 2.05) is 24.4 Å². The molecule has 0 fully saturated rings. The van der Waals surface area contributed by atoms with Crippen LogP contribution in [0.25, 0.3) is 10.9 Å². The van der Waals surface area contributed by atoms with E-state index in [2.05, 4.69) is 47.6 Å². The molecule has 0 bridgehead atoms. The minimum Gasteiger partial charge on any atom is -0.397 e. The van der Waals surface area contributed by atoms with Gasteiger partial charge in [-0.05, 0) is 36.6 Å². The number of anilines is 2. The van der Waals surface area contributed by atoms with Gasteiger partial charge >= 0.3 is 0 Å². The summed E-state index contributed by atoms with van der Waals surface area (Å²) in [6.07, 6.45) is 2.76. The zero-order valence-electron chi connectivity index (χ0n) is 12.1. The number of nitrogen functional groups attached to an aromatic ring is 1. The molecule has 3 nitrogen and oxygen atoms in total. The van der Waals surface area contributed by atoms with Crippen LogP contribution in [0, 0.1) is 6.92 Å². The molecule has 2 aromatic carbocycles. The Bertz CT molecular complexity index is 740. The van der Waals surface area contributed by atoms with Crippen molar-refractivity contribution in [3.05, 3.63) is 65.9 Å². The highest BCUT2D eigenvalue weighted by molar-refractivity contribution is 5.81. The first-order valence-electron chi connectivity index (χ1n) is 7.17. The predicted molar refractivity (Wildman–Crippen MR) is 89.5 cm³/mol. The Kier molecular flexibility index (Phi) is 3.73. The topological polar surface area (TPSA) is 50.9 Å². The number of para-hydroxylation sites is 2. The summed E-state index contributed by atoms with van der Waals surface area (Å²) in [5.74, 6) is 0. The van der Waals surface area contributed by atoms with E-state index in [0.717, 1.165) is 29.9 Å². The molecule has 0 aliphatic heterocycles. The summed E-state index contributed by atoms with van der Waals surface area (Å²) >= 11 is 0. The lowest BCUT2D eigenvalue weighted by atomic mass is 10.1. The van der Waals surface area contributed by atoms with Crippen LogP contribution in [0.4, 0.5) is 11.4 Å². The van der Waals surface area contributed by atoms with Crippen LogP contribution in [-0.2, 0) is 6.42 Å². The Morgan fingerprint density at radius 3 is 2.71 bits per heavy atom. The number of nitrogens with two attached hydrogens (primary N) is 1. The fraction of sp³-hybridized carbons (Fsp3) is 0.167. The zero-order valence-corrected chi connectivity index (χ0v) is 12.1. The molecule has 1 heterocycles. The van der Waals surface area contributed by atoms with Crippen LogP contribution >= 0.6 is 0 Å². The molecule has 0 unspecified atom stereocenters. The molecule has 0 atom stereocenters. The van der Waals surface area contributed by atoms with E-state index >= 15 is 0 Å². The Morgan fingerprint density at radius 1 is 1.05 bits per heavy atom. The highest BCUT2D eigenvalue weighted by Gasteiger charge is 2.04. The molecule has 1 aromatic heterocycles. The molecule has 0 aliphatic carbocycles. The molecule has 3 N–H and O–H groups in total. The minimum atomic E-state index is 0.797. The van der Waals surface area contributed by atoms with Crippen molar-refractivity contribution in [3.8, 4) is 0 Å². The summed E-state index contributed by atoms with van der Waals surface area (Å²) in [7, 11) is 0. The Hall–Kier alpha value is -2.55. The lowest BCUT2D eigenvalue weighted by Crippen LogP contribution is -2.08. The van der Waals surface area contributed by atoms with Gasteiger partial charge in [-0.25, -0.2) is 0 Å². The van der Waals surface area contributed by atoms with Gasteiger partial charge in [0, 0.05) is 18.1 Å². The van der Waals surface area contributed by atoms with Crippen molar-refractivity contribution in [1.82, 2.24) is 4.98 Å². The lowest BCUT2D eigenvalue weighted by molar-refractivity contribution is 1.02. The number of rotatable bonds is 4. The average Bonchev–Trinajstić information content (AvgIpc) is 2.50. The summed E-state index contributed by atoms with van der Waals surface area (Å²) in [6, 6.07) is 16.4. The SMILES string of the molecule is Cc1cccc(N)c1NCCc1cccc2cccnc12. The van der Waals surface area contributed by atoms with Crippen LogP contribution in [0.2, 0.25) is 0 Å². The van der Waals surface area contributed by atoms with Crippen molar-refractivity contribution in [3.63, 3.8) is 0 Å². The first-order valence-corrected chi connectivity index (χ1v) is 7.17. The zero-order chi connectivity index (χ0) is 14.7. The standard InChI is InChI=1S/C18H19N3/c1-13-5-2-9-16(19)17(13)21-12-10-15-7-3-6-14-8-4-11-20-18(14)15/h2-9,11,21H,10,12,19H2,1H3. The van der Waals surface area contributed by atoms with E-state index in [-0.39, 0.29) is 0 Å². The molecule has 21 heavy (non-hydrogen) atoms. The molecule has 0 saturated carbocycles. The van der Waals surface area contributed by atoms with Crippen LogP contribution in [0.3, 0.4) is 0 Å². The number of nitrogens with zero attached hydrogens (tertiary/aromatic N) is 1. The summed E-state index contributed by atoms with van der Waals surface area (Å²) in [5, 5.41) is 4.63. The summed E-state index contributed by atoms with van der Waals surface area (Å²) in [6.45, 7) is 2.91. The largest absolute Gasteiger partial charge is 0.397 e. The van der Waals surface area contributed by atoms with Gasteiger partial charge in [-0.3, -0.25) is 4.98 Å². The Labute approximate surface area is 124 Å². The third-order valence-corrected chi connectivity index (χ3v) is 3.72. The Morgan fingerprint density at radius 2 is 1.86 bits per heavy atom. The number of nitrogens with one attached hydrogen (secondary N) is 1. The van der Waals surface area contributed by atoms with E-state index in [1.165, 1.54) is 16.5 Å². The number of pyridine rings is 1. The fourth-order valence-electron chi connectivity index (χ4n) is 2.62. The van der Waals surface area contributed by atoms with Gasteiger partial charge in [0.15, 0.2) is 0 Å². The van der Waals surface area contributed by atoms with Crippen LogP contribution in [-0.4, -0.2) is 11.5 Å². The average molecular weight is 277 g/mol. The maximum absolute atomic E-state index is 6.02. The van der Waals surface area contributed by atoms with Gasteiger partial charge in [-0.1, -0.05) is 36.4 Å². The Balaban J connectivity index is 1.76.